The minimum atomic E-state index is -3.58. The van der Waals surface area contributed by atoms with Crippen molar-refractivity contribution in [3.63, 3.8) is 0 Å². The summed E-state index contributed by atoms with van der Waals surface area (Å²) in [6, 6.07) is 1.67. The fourth-order valence-electron chi connectivity index (χ4n) is 2.02. The van der Waals surface area contributed by atoms with Gasteiger partial charge in [-0.05, 0) is 33.3 Å². The maximum absolute atomic E-state index is 12.3. The monoisotopic (exact) mass is 353 g/mol. The molecule has 1 aliphatic rings. The maximum Gasteiger partial charge on any atom is 0.308 e. The van der Waals surface area contributed by atoms with Crippen LogP contribution in [0.1, 0.15) is 6.92 Å². The van der Waals surface area contributed by atoms with Gasteiger partial charge < -0.3 is 5.11 Å². The molecule has 100 valence electrons. The van der Waals surface area contributed by atoms with Crippen molar-refractivity contribution >= 4 is 43.3 Å². The van der Waals surface area contributed by atoms with Gasteiger partial charge >= 0.3 is 5.97 Å². The average Bonchev–Trinajstić information content (AvgIpc) is 2.84. The molecule has 0 saturated carbocycles. The van der Waals surface area contributed by atoms with Gasteiger partial charge in [-0.2, -0.15) is 4.31 Å². The highest BCUT2D eigenvalue weighted by Crippen LogP contribution is 2.34. The lowest BCUT2D eigenvalue weighted by Crippen LogP contribution is -2.29. The Morgan fingerprint density at radius 2 is 2.22 bits per heavy atom. The van der Waals surface area contributed by atoms with Crippen molar-refractivity contribution in [2.75, 3.05) is 13.1 Å². The van der Waals surface area contributed by atoms with E-state index in [1.165, 1.54) is 4.31 Å². The fraction of sp³-hybridized carbons (Fsp3) is 0.500. The number of carbonyl (C=O) groups is 1. The van der Waals surface area contributed by atoms with E-state index in [1.54, 1.807) is 18.4 Å². The van der Waals surface area contributed by atoms with Gasteiger partial charge in [0, 0.05) is 17.6 Å². The minimum Gasteiger partial charge on any atom is -0.481 e. The molecule has 1 aromatic heterocycles. The van der Waals surface area contributed by atoms with E-state index < -0.39 is 21.9 Å². The Morgan fingerprint density at radius 3 is 2.67 bits per heavy atom. The predicted molar refractivity (Wildman–Crippen MR) is 71.1 cm³/mol. The summed E-state index contributed by atoms with van der Waals surface area (Å²) in [7, 11) is -3.58. The third-order valence-corrected chi connectivity index (χ3v) is 7.53. The van der Waals surface area contributed by atoms with E-state index >= 15 is 0 Å². The predicted octanol–water partition coefficient (Wildman–Crippen LogP) is 1.85. The van der Waals surface area contributed by atoms with Gasteiger partial charge in [-0.1, -0.05) is 6.92 Å². The summed E-state index contributed by atoms with van der Waals surface area (Å²) in [5.41, 5.74) is 0. The first-order valence-electron chi connectivity index (χ1n) is 5.30. The van der Waals surface area contributed by atoms with E-state index in [9.17, 15) is 13.2 Å². The molecule has 2 heterocycles. The van der Waals surface area contributed by atoms with E-state index in [0.717, 1.165) is 11.3 Å². The molecule has 1 saturated heterocycles. The van der Waals surface area contributed by atoms with Gasteiger partial charge in [0.2, 0.25) is 0 Å². The lowest BCUT2D eigenvalue weighted by Gasteiger charge is -2.14. The van der Waals surface area contributed by atoms with Crippen LogP contribution in [-0.2, 0) is 14.8 Å². The summed E-state index contributed by atoms with van der Waals surface area (Å²) >= 11 is 4.33. The highest BCUT2D eigenvalue weighted by molar-refractivity contribution is 9.10. The Balaban J connectivity index is 2.29. The molecule has 8 heteroatoms. The molecule has 2 unspecified atom stereocenters. The van der Waals surface area contributed by atoms with Crippen molar-refractivity contribution in [2.45, 2.75) is 11.1 Å². The average molecular weight is 354 g/mol. The van der Waals surface area contributed by atoms with Crippen molar-refractivity contribution in [1.29, 1.82) is 0 Å². The SMILES string of the molecule is CC1CN(S(=O)(=O)c2sccc2Br)CC1C(=O)O. The first kappa shape index (κ1) is 14.0. The molecule has 1 aromatic rings. The van der Waals surface area contributed by atoms with Gasteiger partial charge in [0.1, 0.15) is 4.21 Å². The molecule has 5 nitrogen and oxygen atoms in total. The molecule has 0 spiro atoms. The molecule has 2 rings (SSSR count). The van der Waals surface area contributed by atoms with Crippen LogP contribution >= 0.6 is 27.3 Å². The number of hydrogen-bond acceptors (Lipinski definition) is 4. The Bertz CT molecular complexity index is 568. The second kappa shape index (κ2) is 4.92. The maximum atomic E-state index is 12.3. The molecule has 0 amide bonds. The van der Waals surface area contributed by atoms with Crippen LogP contribution in [0.25, 0.3) is 0 Å². The van der Waals surface area contributed by atoms with Crippen molar-refractivity contribution in [3.05, 3.63) is 15.9 Å². The third-order valence-electron chi connectivity index (χ3n) is 3.05. The highest BCUT2D eigenvalue weighted by Gasteiger charge is 2.41. The lowest BCUT2D eigenvalue weighted by molar-refractivity contribution is -0.142. The zero-order valence-electron chi connectivity index (χ0n) is 9.54. The normalized spacial score (nSPS) is 25.4. The van der Waals surface area contributed by atoms with Gasteiger partial charge in [0.05, 0.1) is 5.92 Å². The lowest BCUT2D eigenvalue weighted by atomic mass is 9.99. The smallest absolute Gasteiger partial charge is 0.308 e. The molecule has 18 heavy (non-hydrogen) atoms. The number of aliphatic carboxylic acids is 1. The second-order valence-corrected chi connectivity index (χ2v) is 8.20. The number of sulfonamides is 1. The summed E-state index contributed by atoms with van der Waals surface area (Å²) in [5.74, 6) is -1.74. The van der Waals surface area contributed by atoms with Crippen LogP contribution in [-0.4, -0.2) is 36.9 Å². The van der Waals surface area contributed by atoms with Crippen molar-refractivity contribution in [2.24, 2.45) is 11.8 Å². The highest BCUT2D eigenvalue weighted by atomic mass is 79.9. The number of nitrogens with zero attached hydrogens (tertiary/aromatic N) is 1. The summed E-state index contributed by atoms with van der Waals surface area (Å²) in [6.45, 7) is 2.06. The third kappa shape index (κ3) is 2.34. The molecule has 1 fully saturated rings. The summed E-state index contributed by atoms with van der Waals surface area (Å²) in [6.07, 6.45) is 0. The number of carboxylic acid groups (broad SMARTS) is 1. The number of hydrogen-bond donors (Lipinski definition) is 1. The molecule has 0 bridgehead atoms. The summed E-state index contributed by atoms with van der Waals surface area (Å²) in [5, 5.41) is 10.7. The zero-order valence-corrected chi connectivity index (χ0v) is 12.8. The molecule has 1 aliphatic heterocycles. The van der Waals surface area contributed by atoms with Crippen molar-refractivity contribution < 1.29 is 18.3 Å². The number of thiophene rings is 1. The van der Waals surface area contributed by atoms with Gasteiger partial charge in [-0.25, -0.2) is 8.42 Å². The molecule has 1 N–H and O–H groups in total. The topological polar surface area (TPSA) is 74.7 Å². The Morgan fingerprint density at radius 1 is 1.56 bits per heavy atom. The van der Waals surface area contributed by atoms with Crippen molar-refractivity contribution in [1.82, 2.24) is 4.31 Å². The van der Waals surface area contributed by atoms with E-state index in [4.69, 9.17) is 5.11 Å². The minimum absolute atomic E-state index is 0.0448. The van der Waals surface area contributed by atoms with Crippen LogP contribution < -0.4 is 0 Å². The molecular weight excluding hydrogens is 342 g/mol. The van der Waals surface area contributed by atoms with Crippen LogP contribution in [0, 0.1) is 11.8 Å². The Hall–Kier alpha value is -0.440. The van der Waals surface area contributed by atoms with E-state index in [2.05, 4.69) is 15.9 Å². The molecule has 0 radical (unpaired) electrons. The van der Waals surface area contributed by atoms with Gasteiger partial charge in [0.25, 0.3) is 10.0 Å². The van der Waals surface area contributed by atoms with E-state index in [-0.39, 0.29) is 23.2 Å². The van der Waals surface area contributed by atoms with Crippen LogP contribution in [0.5, 0.6) is 0 Å². The van der Waals surface area contributed by atoms with E-state index in [1.807, 2.05) is 0 Å². The summed E-state index contributed by atoms with van der Waals surface area (Å²) in [4.78, 5) is 11.0. The molecule has 0 aliphatic carbocycles. The van der Waals surface area contributed by atoms with Crippen LogP contribution in [0.4, 0.5) is 0 Å². The molecule has 0 aromatic carbocycles. The van der Waals surface area contributed by atoms with Crippen LogP contribution in [0.3, 0.4) is 0 Å². The van der Waals surface area contributed by atoms with Crippen LogP contribution in [0.15, 0.2) is 20.1 Å². The Kier molecular flexibility index (Phi) is 3.82. The van der Waals surface area contributed by atoms with Crippen LogP contribution in [0.2, 0.25) is 0 Å². The van der Waals surface area contributed by atoms with Gasteiger partial charge in [0.15, 0.2) is 0 Å². The second-order valence-electron chi connectivity index (χ2n) is 4.30. The standard InChI is InChI=1S/C10H12BrNO4S2/c1-6-4-12(5-7(6)9(13)14)18(15,16)10-8(11)2-3-17-10/h2-3,6-7H,4-5H2,1H3,(H,13,14). The fourth-order valence-corrected chi connectivity index (χ4v) is 6.04. The van der Waals surface area contributed by atoms with E-state index in [0.29, 0.717) is 4.47 Å². The van der Waals surface area contributed by atoms with Gasteiger partial charge in [-0.15, -0.1) is 11.3 Å². The zero-order chi connectivity index (χ0) is 13.5. The quantitative estimate of drug-likeness (QED) is 0.899. The molecular formula is C10H12BrNO4S2. The number of carboxylic acids is 1. The molecule has 2 atom stereocenters. The largest absolute Gasteiger partial charge is 0.481 e. The Labute approximate surface area is 118 Å². The van der Waals surface area contributed by atoms with Crippen molar-refractivity contribution in [3.8, 4) is 0 Å². The number of halogens is 1. The first-order chi connectivity index (χ1) is 8.34. The number of rotatable bonds is 3. The van der Waals surface area contributed by atoms with Gasteiger partial charge in [-0.3, -0.25) is 4.79 Å². The summed E-state index contributed by atoms with van der Waals surface area (Å²) < 4.78 is 26.7. The first-order valence-corrected chi connectivity index (χ1v) is 8.41.